The molecule has 0 radical (unpaired) electrons. The summed E-state index contributed by atoms with van der Waals surface area (Å²) in [6.07, 6.45) is 4.70. The number of aryl methyl sites for hydroxylation is 1. The predicted octanol–water partition coefficient (Wildman–Crippen LogP) is 1.82. The van der Waals surface area contributed by atoms with E-state index < -0.39 is 12.0 Å². The number of hydrogen-bond donors (Lipinski definition) is 3. The first-order valence-electron chi connectivity index (χ1n) is 7.46. The highest BCUT2D eigenvalue weighted by Crippen LogP contribution is 2.37. The monoisotopic (exact) mass is 312 g/mol. The zero-order chi connectivity index (χ0) is 16.9. The summed E-state index contributed by atoms with van der Waals surface area (Å²) in [5.74, 6) is -0.507. The van der Waals surface area contributed by atoms with E-state index in [1.54, 1.807) is 16.8 Å². The van der Waals surface area contributed by atoms with E-state index in [1.165, 1.54) is 0 Å². The lowest BCUT2D eigenvalue weighted by Gasteiger charge is -2.27. The minimum atomic E-state index is -0.618. The van der Waals surface area contributed by atoms with Crippen LogP contribution < -0.4 is 11.5 Å². The van der Waals surface area contributed by atoms with Crippen LogP contribution in [0.25, 0.3) is 16.7 Å². The Balaban J connectivity index is 2.41. The van der Waals surface area contributed by atoms with Crippen molar-refractivity contribution in [1.82, 2.24) is 9.55 Å². The lowest BCUT2D eigenvalue weighted by atomic mass is 9.91. The number of hydrogen-bond acceptors (Lipinski definition) is 4. The number of nitrogens with two attached hydrogens (primary N) is 2. The smallest absolute Gasteiger partial charge is 0.253 e. The molecule has 0 saturated carbocycles. The molecule has 120 valence electrons. The van der Waals surface area contributed by atoms with Crippen LogP contribution in [-0.4, -0.2) is 26.7 Å². The van der Waals surface area contributed by atoms with E-state index in [0.717, 1.165) is 16.8 Å². The van der Waals surface area contributed by atoms with Gasteiger partial charge in [-0.3, -0.25) is 9.36 Å². The van der Waals surface area contributed by atoms with Crippen molar-refractivity contribution in [2.24, 2.45) is 11.7 Å². The fourth-order valence-electron chi connectivity index (χ4n) is 3.19. The molecule has 23 heavy (non-hydrogen) atoms. The molecule has 0 saturated heterocycles. The summed E-state index contributed by atoms with van der Waals surface area (Å²) in [4.78, 5) is 16.3. The van der Waals surface area contributed by atoms with Gasteiger partial charge in [-0.25, -0.2) is 4.98 Å². The Morgan fingerprint density at radius 1 is 1.39 bits per heavy atom. The lowest BCUT2D eigenvalue weighted by molar-refractivity contribution is 0.100. The van der Waals surface area contributed by atoms with E-state index in [2.05, 4.69) is 4.98 Å². The maximum atomic E-state index is 11.9. The van der Waals surface area contributed by atoms with Crippen LogP contribution in [-0.2, 0) is 0 Å². The molecule has 1 aliphatic carbocycles. The van der Waals surface area contributed by atoms with Crippen molar-refractivity contribution in [2.45, 2.75) is 26.9 Å². The summed E-state index contributed by atoms with van der Waals surface area (Å²) in [5, 5.41) is 10.8. The Morgan fingerprint density at radius 3 is 2.74 bits per heavy atom. The van der Waals surface area contributed by atoms with Gasteiger partial charge in [0.2, 0.25) is 0 Å². The van der Waals surface area contributed by atoms with Crippen LogP contribution in [0.15, 0.2) is 30.0 Å². The number of aliphatic hydroxyl groups excluding tert-OH is 1. The van der Waals surface area contributed by atoms with Gasteiger partial charge < -0.3 is 16.6 Å². The third-order valence-corrected chi connectivity index (χ3v) is 4.36. The van der Waals surface area contributed by atoms with E-state index in [-0.39, 0.29) is 17.3 Å². The van der Waals surface area contributed by atoms with Gasteiger partial charge in [0, 0.05) is 23.2 Å². The fraction of sp³-hybridized carbons (Fsp3) is 0.294. The molecule has 1 aliphatic rings. The first kappa shape index (κ1) is 15.3. The van der Waals surface area contributed by atoms with Crippen LogP contribution in [0.4, 0.5) is 5.82 Å². The number of fused-ring (bicyclic) bond motifs is 1. The number of nitrogen functional groups attached to an aromatic ring is 1. The van der Waals surface area contributed by atoms with E-state index in [1.807, 2.05) is 32.9 Å². The van der Waals surface area contributed by atoms with Gasteiger partial charge in [-0.15, -0.1) is 0 Å². The van der Waals surface area contributed by atoms with E-state index in [0.29, 0.717) is 11.0 Å². The Bertz CT molecular complexity index is 876. The topological polar surface area (TPSA) is 107 Å². The second kappa shape index (κ2) is 5.24. The maximum absolute atomic E-state index is 11.9. The minimum absolute atomic E-state index is 0.179. The number of anilines is 1. The Morgan fingerprint density at radius 2 is 2.09 bits per heavy atom. The molecule has 0 unspecified atom stereocenters. The zero-order valence-corrected chi connectivity index (χ0v) is 13.4. The summed E-state index contributed by atoms with van der Waals surface area (Å²) < 4.78 is 1.74. The van der Waals surface area contributed by atoms with Crippen molar-refractivity contribution in [2.75, 3.05) is 5.73 Å². The number of pyridine rings is 1. The largest absolute Gasteiger partial charge is 0.388 e. The van der Waals surface area contributed by atoms with Gasteiger partial charge in [0.15, 0.2) is 0 Å². The Labute approximate surface area is 134 Å². The normalized spacial score (nSPS) is 21.2. The van der Waals surface area contributed by atoms with Crippen molar-refractivity contribution in [3.05, 3.63) is 41.1 Å². The molecule has 2 heterocycles. The van der Waals surface area contributed by atoms with Gasteiger partial charge in [0.05, 0.1) is 11.7 Å². The van der Waals surface area contributed by atoms with Gasteiger partial charge in [-0.2, -0.15) is 0 Å². The van der Waals surface area contributed by atoms with Crippen LogP contribution in [0, 0.1) is 12.8 Å². The Hall–Kier alpha value is -2.60. The first-order chi connectivity index (χ1) is 10.8. The number of nitrogens with zero attached hydrogens (tertiary/aromatic N) is 2. The number of carbonyl (C=O) groups excluding carboxylic acids is 1. The van der Waals surface area contributed by atoms with Crippen LogP contribution >= 0.6 is 0 Å². The van der Waals surface area contributed by atoms with E-state index in [4.69, 9.17) is 11.5 Å². The fourth-order valence-corrected chi connectivity index (χ4v) is 3.19. The van der Waals surface area contributed by atoms with Gasteiger partial charge in [0.1, 0.15) is 11.5 Å². The number of aromatic nitrogens is 2. The van der Waals surface area contributed by atoms with Crippen molar-refractivity contribution >= 4 is 28.5 Å². The average molecular weight is 312 g/mol. The molecule has 5 N–H and O–H groups in total. The zero-order valence-electron chi connectivity index (χ0n) is 13.4. The van der Waals surface area contributed by atoms with Crippen LogP contribution in [0.3, 0.4) is 0 Å². The lowest BCUT2D eigenvalue weighted by Crippen LogP contribution is -2.24. The van der Waals surface area contributed by atoms with Gasteiger partial charge in [0.25, 0.3) is 5.91 Å². The first-order valence-corrected chi connectivity index (χ1v) is 7.46. The molecule has 0 bridgehead atoms. The molecule has 6 nitrogen and oxygen atoms in total. The minimum Gasteiger partial charge on any atom is -0.388 e. The second-order valence-electron chi connectivity index (χ2n) is 6.05. The third-order valence-electron chi connectivity index (χ3n) is 4.36. The van der Waals surface area contributed by atoms with Crippen molar-refractivity contribution < 1.29 is 9.90 Å². The van der Waals surface area contributed by atoms with Crippen LogP contribution in [0.2, 0.25) is 0 Å². The molecule has 0 aliphatic heterocycles. The molecule has 1 amide bonds. The van der Waals surface area contributed by atoms with Gasteiger partial charge >= 0.3 is 0 Å². The summed E-state index contributed by atoms with van der Waals surface area (Å²) in [7, 11) is 0. The molecular formula is C17H20N4O2. The molecule has 3 rings (SSSR count). The molecule has 2 aromatic heterocycles. The van der Waals surface area contributed by atoms with Crippen molar-refractivity contribution in [1.29, 1.82) is 0 Å². The standard InChI is InChI=1S/C17H20N4O2/c1-8-6-11-13(16(19)23)15(18)21(17(11)20-7-8)14-9(2)4-5-12(22)10(14)3/h4-7,10,12,22H,18H2,1-3H3,(H2,19,23)/t10-,12-/m1/s1. The number of allylic oxidation sites excluding steroid dienone is 2. The molecule has 0 fully saturated rings. The third kappa shape index (κ3) is 2.22. The second-order valence-corrected chi connectivity index (χ2v) is 6.05. The number of aliphatic hydroxyl groups is 1. The highest BCUT2D eigenvalue weighted by molar-refractivity contribution is 6.11. The summed E-state index contributed by atoms with van der Waals surface area (Å²) in [5.41, 5.74) is 15.3. The molecule has 0 aromatic carbocycles. The van der Waals surface area contributed by atoms with Crippen LogP contribution in [0.5, 0.6) is 0 Å². The average Bonchev–Trinajstić information content (AvgIpc) is 2.75. The molecule has 2 atom stereocenters. The quantitative estimate of drug-likeness (QED) is 0.786. The van der Waals surface area contributed by atoms with E-state index in [9.17, 15) is 9.90 Å². The SMILES string of the molecule is CC1=C(n2c(N)c(C(N)=O)c3cc(C)cnc32)[C@H](C)[C@H](O)C=C1. The highest BCUT2D eigenvalue weighted by Gasteiger charge is 2.29. The number of primary amides is 1. The van der Waals surface area contributed by atoms with Crippen molar-refractivity contribution in [3.8, 4) is 0 Å². The van der Waals surface area contributed by atoms with Gasteiger partial charge in [-0.05, 0) is 31.1 Å². The Kier molecular flexibility index (Phi) is 3.49. The summed E-state index contributed by atoms with van der Waals surface area (Å²) >= 11 is 0. The van der Waals surface area contributed by atoms with Crippen molar-refractivity contribution in [3.63, 3.8) is 0 Å². The van der Waals surface area contributed by atoms with Crippen LogP contribution in [0.1, 0.15) is 29.8 Å². The maximum Gasteiger partial charge on any atom is 0.253 e. The summed E-state index contributed by atoms with van der Waals surface area (Å²) in [6, 6.07) is 1.85. The molecule has 0 spiro atoms. The molecule has 2 aromatic rings. The molecular weight excluding hydrogens is 292 g/mol. The highest BCUT2D eigenvalue weighted by atomic mass is 16.3. The number of carbonyl (C=O) groups is 1. The van der Waals surface area contributed by atoms with Gasteiger partial charge in [-0.1, -0.05) is 19.1 Å². The number of amides is 1. The molecule has 6 heteroatoms. The predicted molar refractivity (Wildman–Crippen MR) is 90.6 cm³/mol. The van der Waals surface area contributed by atoms with E-state index >= 15 is 0 Å². The summed E-state index contributed by atoms with van der Waals surface area (Å²) in [6.45, 7) is 5.75. The number of rotatable bonds is 2.